The molecule has 0 amide bonds. The summed E-state index contributed by atoms with van der Waals surface area (Å²) in [7, 11) is 1.78. The van der Waals surface area contributed by atoms with Gasteiger partial charge < -0.3 is 9.64 Å². The number of nitrogens with zero attached hydrogens (tertiary/aromatic N) is 1. The van der Waals surface area contributed by atoms with Crippen LogP contribution in [0.25, 0.3) is 0 Å². The second-order valence-electron chi connectivity index (χ2n) is 6.50. The van der Waals surface area contributed by atoms with E-state index in [0.29, 0.717) is 0 Å². The third-order valence-corrected chi connectivity index (χ3v) is 5.19. The van der Waals surface area contributed by atoms with E-state index in [2.05, 4.69) is 65.6 Å². The van der Waals surface area contributed by atoms with Gasteiger partial charge in [-0.1, -0.05) is 60.7 Å². The summed E-state index contributed by atoms with van der Waals surface area (Å²) in [6.07, 6.45) is 3.50. The lowest BCUT2D eigenvalue weighted by Gasteiger charge is -2.43. The quantitative estimate of drug-likeness (QED) is 0.713. The van der Waals surface area contributed by atoms with Crippen molar-refractivity contribution in [1.82, 2.24) is 4.90 Å². The maximum Gasteiger partial charge on any atom is 0.0474 e. The highest BCUT2D eigenvalue weighted by Gasteiger charge is 2.37. The van der Waals surface area contributed by atoms with Crippen molar-refractivity contribution in [1.29, 1.82) is 0 Å². The smallest absolute Gasteiger partial charge is 0.0474 e. The van der Waals surface area contributed by atoms with Crippen molar-refractivity contribution < 1.29 is 4.74 Å². The van der Waals surface area contributed by atoms with Crippen LogP contribution >= 0.6 is 12.4 Å². The summed E-state index contributed by atoms with van der Waals surface area (Å²) in [5.74, 6) is 0. The molecule has 130 valence electrons. The average molecular weight is 346 g/mol. The zero-order valence-electron chi connectivity index (χ0n) is 14.5. The van der Waals surface area contributed by atoms with Crippen LogP contribution in [0.3, 0.4) is 0 Å². The standard InChI is InChI=1S/C21H27NO.ClH/c1-23-18-8-15-22-16-13-21(14-17-22,19-9-4-2-5-10-19)20-11-6-3-7-12-20;/h2-7,9-12H,8,13-18H2,1H3;1H. The Morgan fingerprint density at radius 1 is 0.875 bits per heavy atom. The highest BCUT2D eigenvalue weighted by Crippen LogP contribution is 2.41. The van der Waals surface area contributed by atoms with Crippen LogP contribution in [0.15, 0.2) is 60.7 Å². The van der Waals surface area contributed by atoms with Gasteiger partial charge in [-0.3, -0.25) is 0 Å². The molecule has 3 heteroatoms. The van der Waals surface area contributed by atoms with Gasteiger partial charge in [0.2, 0.25) is 0 Å². The minimum atomic E-state index is 0. The second kappa shape index (κ2) is 9.22. The number of hydrogen-bond donors (Lipinski definition) is 0. The van der Waals surface area contributed by atoms with E-state index in [1.165, 1.54) is 24.0 Å². The summed E-state index contributed by atoms with van der Waals surface area (Å²) in [5, 5.41) is 0. The topological polar surface area (TPSA) is 12.5 Å². The van der Waals surface area contributed by atoms with Gasteiger partial charge in [0.1, 0.15) is 0 Å². The molecule has 1 aliphatic heterocycles. The maximum absolute atomic E-state index is 5.19. The zero-order chi connectivity index (χ0) is 16.0. The summed E-state index contributed by atoms with van der Waals surface area (Å²) in [4.78, 5) is 2.59. The Kier molecular flexibility index (Phi) is 7.29. The van der Waals surface area contributed by atoms with Crippen LogP contribution in [0.2, 0.25) is 0 Å². The molecule has 0 bridgehead atoms. The zero-order valence-corrected chi connectivity index (χ0v) is 15.3. The molecule has 24 heavy (non-hydrogen) atoms. The molecule has 0 saturated carbocycles. The fraction of sp³-hybridized carbons (Fsp3) is 0.429. The van der Waals surface area contributed by atoms with Gasteiger partial charge in [0.15, 0.2) is 0 Å². The van der Waals surface area contributed by atoms with Gasteiger partial charge in [-0.2, -0.15) is 0 Å². The van der Waals surface area contributed by atoms with E-state index in [-0.39, 0.29) is 17.8 Å². The molecule has 2 aromatic carbocycles. The fourth-order valence-corrected chi connectivity index (χ4v) is 3.85. The predicted octanol–water partition coefficient (Wildman–Crippen LogP) is 4.53. The predicted molar refractivity (Wildman–Crippen MR) is 103 cm³/mol. The van der Waals surface area contributed by atoms with Crippen molar-refractivity contribution in [2.75, 3.05) is 33.4 Å². The first-order valence-corrected chi connectivity index (χ1v) is 8.67. The molecule has 1 aliphatic rings. The second-order valence-corrected chi connectivity index (χ2v) is 6.50. The van der Waals surface area contributed by atoms with Crippen molar-refractivity contribution in [3.05, 3.63) is 71.8 Å². The van der Waals surface area contributed by atoms with Crippen LogP contribution in [0.1, 0.15) is 30.4 Å². The highest BCUT2D eigenvalue weighted by molar-refractivity contribution is 5.85. The van der Waals surface area contributed by atoms with Gasteiger partial charge in [-0.15, -0.1) is 12.4 Å². The van der Waals surface area contributed by atoms with Crippen LogP contribution in [-0.2, 0) is 10.2 Å². The molecule has 0 aromatic heterocycles. The Balaban J connectivity index is 0.00000208. The van der Waals surface area contributed by atoms with Gasteiger partial charge in [-0.05, 0) is 43.5 Å². The lowest BCUT2D eigenvalue weighted by Crippen LogP contribution is -2.43. The third kappa shape index (κ3) is 4.18. The molecular weight excluding hydrogens is 318 g/mol. The normalized spacial score (nSPS) is 17.2. The van der Waals surface area contributed by atoms with Crippen LogP contribution < -0.4 is 0 Å². The van der Waals surface area contributed by atoms with Gasteiger partial charge >= 0.3 is 0 Å². The third-order valence-electron chi connectivity index (χ3n) is 5.19. The van der Waals surface area contributed by atoms with Gasteiger partial charge in [-0.25, -0.2) is 0 Å². The Hall–Kier alpha value is -1.35. The van der Waals surface area contributed by atoms with Crippen molar-refractivity contribution in [2.24, 2.45) is 0 Å². The van der Waals surface area contributed by atoms with Crippen molar-refractivity contribution in [3.8, 4) is 0 Å². The van der Waals surface area contributed by atoms with E-state index in [1.807, 2.05) is 0 Å². The largest absolute Gasteiger partial charge is 0.385 e. The first-order valence-electron chi connectivity index (χ1n) is 8.67. The van der Waals surface area contributed by atoms with E-state index in [1.54, 1.807) is 7.11 Å². The lowest BCUT2D eigenvalue weighted by molar-refractivity contribution is 0.144. The number of methoxy groups -OCH3 is 1. The Labute approximate surface area is 152 Å². The first kappa shape index (κ1) is 19.0. The highest BCUT2D eigenvalue weighted by atomic mass is 35.5. The van der Waals surface area contributed by atoms with E-state index in [0.717, 1.165) is 32.7 Å². The number of likely N-dealkylation sites (tertiary alicyclic amines) is 1. The molecule has 0 aliphatic carbocycles. The first-order chi connectivity index (χ1) is 11.3. The SMILES string of the molecule is COCCCN1CCC(c2ccccc2)(c2ccccc2)CC1.Cl. The molecule has 2 nitrogen and oxygen atoms in total. The lowest BCUT2D eigenvalue weighted by atomic mass is 9.68. The van der Waals surface area contributed by atoms with E-state index < -0.39 is 0 Å². The number of ether oxygens (including phenoxy) is 1. The molecule has 0 radical (unpaired) electrons. The molecule has 1 saturated heterocycles. The number of benzene rings is 2. The minimum Gasteiger partial charge on any atom is -0.385 e. The molecule has 0 unspecified atom stereocenters. The molecule has 1 heterocycles. The number of rotatable bonds is 6. The minimum absolute atomic E-state index is 0. The number of hydrogen-bond acceptors (Lipinski definition) is 2. The molecule has 3 rings (SSSR count). The van der Waals surface area contributed by atoms with Crippen molar-refractivity contribution in [3.63, 3.8) is 0 Å². The molecule has 0 atom stereocenters. The number of piperidine rings is 1. The number of halogens is 1. The Morgan fingerprint density at radius 3 is 1.83 bits per heavy atom. The maximum atomic E-state index is 5.19. The van der Waals surface area contributed by atoms with Crippen LogP contribution in [0, 0.1) is 0 Å². The van der Waals surface area contributed by atoms with E-state index >= 15 is 0 Å². The van der Waals surface area contributed by atoms with E-state index in [4.69, 9.17) is 4.74 Å². The molecular formula is C21H28ClNO. The van der Waals surface area contributed by atoms with Crippen LogP contribution in [0.4, 0.5) is 0 Å². The van der Waals surface area contributed by atoms with Crippen LogP contribution in [0.5, 0.6) is 0 Å². The average Bonchev–Trinajstić information content (AvgIpc) is 2.64. The summed E-state index contributed by atoms with van der Waals surface area (Å²) in [6.45, 7) is 4.33. The summed E-state index contributed by atoms with van der Waals surface area (Å²) >= 11 is 0. The van der Waals surface area contributed by atoms with Crippen molar-refractivity contribution in [2.45, 2.75) is 24.7 Å². The van der Waals surface area contributed by atoms with Crippen molar-refractivity contribution >= 4 is 12.4 Å². The summed E-state index contributed by atoms with van der Waals surface area (Å²) < 4.78 is 5.19. The molecule has 2 aromatic rings. The van der Waals surface area contributed by atoms with E-state index in [9.17, 15) is 0 Å². The van der Waals surface area contributed by atoms with Gasteiger partial charge in [0.25, 0.3) is 0 Å². The summed E-state index contributed by atoms with van der Waals surface area (Å²) in [6, 6.07) is 22.1. The Bertz CT molecular complexity index is 538. The van der Waals surface area contributed by atoms with Gasteiger partial charge in [0.05, 0.1) is 0 Å². The van der Waals surface area contributed by atoms with Gasteiger partial charge in [0, 0.05) is 25.7 Å². The molecule has 0 N–H and O–H groups in total. The molecule has 0 spiro atoms. The van der Waals surface area contributed by atoms with Crippen LogP contribution in [-0.4, -0.2) is 38.3 Å². The molecule has 1 fully saturated rings. The summed E-state index contributed by atoms with van der Waals surface area (Å²) in [5.41, 5.74) is 3.09. The fourth-order valence-electron chi connectivity index (χ4n) is 3.85. The monoisotopic (exact) mass is 345 g/mol. The Morgan fingerprint density at radius 2 is 1.38 bits per heavy atom.